The molecule has 0 aromatic carbocycles. The summed E-state index contributed by atoms with van der Waals surface area (Å²) in [6.07, 6.45) is 26.7. The maximum absolute atomic E-state index is 2.79. The van der Waals surface area contributed by atoms with Gasteiger partial charge in [0.1, 0.15) is 0 Å². The van der Waals surface area contributed by atoms with Crippen molar-refractivity contribution in [2.75, 3.05) is 19.6 Å². The predicted octanol–water partition coefficient (Wildman–Crippen LogP) is 8.01. The van der Waals surface area contributed by atoms with Gasteiger partial charge in [0.15, 0.2) is 0 Å². The summed E-state index contributed by atoms with van der Waals surface area (Å²) in [6.45, 7) is 6.56. The Kier molecular flexibility index (Phi) is 15.2. The van der Waals surface area contributed by atoms with Gasteiger partial charge in [0, 0.05) is 13.1 Å². The average molecular weight is 386 g/mol. The third kappa shape index (κ3) is 10.5. The number of fused-ring (bicyclic) bond motifs is 1. The van der Waals surface area contributed by atoms with Crippen LogP contribution in [0, 0.1) is 11.8 Å². The van der Waals surface area contributed by atoms with E-state index in [1.807, 2.05) is 0 Å². The molecule has 2 rings (SSSR count). The first-order valence-corrected chi connectivity index (χ1v) is 12.1. The maximum Gasteiger partial charge on any atom is 0.00129 e. The lowest BCUT2D eigenvalue weighted by Gasteiger charge is -2.23. The highest BCUT2D eigenvalue weighted by Crippen LogP contribution is 2.36. The summed E-state index contributed by atoms with van der Waals surface area (Å²) >= 11 is 0. The van der Waals surface area contributed by atoms with Crippen molar-refractivity contribution in [2.45, 2.75) is 122 Å². The Morgan fingerprint density at radius 3 is 1.38 bits per heavy atom. The third-order valence-corrected chi connectivity index (χ3v) is 6.88. The highest BCUT2D eigenvalue weighted by Gasteiger charge is 2.33. The number of hydrogen-bond donors (Lipinski definition) is 0. The molecule has 1 saturated carbocycles. The Balaban J connectivity index is 0.00000338. The van der Waals surface area contributed by atoms with Gasteiger partial charge in [-0.2, -0.15) is 0 Å². The molecule has 0 N–H and O–H groups in total. The lowest BCUT2D eigenvalue weighted by Crippen LogP contribution is -2.22. The molecule has 0 aromatic heterocycles. The summed E-state index contributed by atoms with van der Waals surface area (Å²) in [6, 6.07) is 0. The molecule has 156 valence electrons. The molecule has 1 saturated heterocycles. The third-order valence-electron chi connectivity index (χ3n) is 6.88. The van der Waals surface area contributed by atoms with Crippen molar-refractivity contribution in [1.82, 2.24) is 4.90 Å². The molecular weight excluding hydrogens is 338 g/mol. The topological polar surface area (TPSA) is 3.24 Å². The monoisotopic (exact) mass is 385 g/mol. The second-order valence-electron chi connectivity index (χ2n) is 9.16. The van der Waals surface area contributed by atoms with Gasteiger partial charge in [0.25, 0.3) is 0 Å². The fraction of sp³-hybridized carbons (Fsp3) is 1.00. The fourth-order valence-corrected chi connectivity index (χ4v) is 5.22. The maximum atomic E-state index is 2.79. The Morgan fingerprint density at radius 1 is 0.577 bits per heavy atom. The molecule has 2 heteroatoms. The van der Waals surface area contributed by atoms with Crippen LogP contribution in [-0.2, 0) is 0 Å². The zero-order valence-electron chi connectivity index (χ0n) is 17.9. The van der Waals surface area contributed by atoms with E-state index in [4.69, 9.17) is 0 Å². The van der Waals surface area contributed by atoms with Crippen LogP contribution in [0.4, 0.5) is 0 Å². The smallest absolute Gasteiger partial charge is 0.00129 e. The molecular formula is C24H48ClN. The van der Waals surface area contributed by atoms with Gasteiger partial charge in [-0.3, -0.25) is 0 Å². The highest BCUT2D eigenvalue weighted by molar-refractivity contribution is 5.85. The fourth-order valence-electron chi connectivity index (χ4n) is 5.22. The summed E-state index contributed by atoms with van der Waals surface area (Å²) in [5, 5.41) is 0. The van der Waals surface area contributed by atoms with Crippen molar-refractivity contribution in [1.29, 1.82) is 0 Å². The number of rotatable bonds is 15. The zero-order chi connectivity index (χ0) is 17.6. The lowest BCUT2D eigenvalue weighted by atomic mass is 9.82. The van der Waals surface area contributed by atoms with Gasteiger partial charge >= 0.3 is 0 Å². The molecule has 0 spiro atoms. The zero-order valence-corrected chi connectivity index (χ0v) is 18.7. The van der Waals surface area contributed by atoms with Crippen molar-refractivity contribution in [3.63, 3.8) is 0 Å². The summed E-state index contributed by atoms with van der Waals surface area (Å²) in [7, 11) is 0. The van der Waals surface area contributed by atoms with Crippen molar-refractivity contribution < 1.29 is 0 Å². The Hall–Kier alpha value is 0.250. The van der Waals surface area contributed by atoms with Crippen LogP contribution in [0.3, 0.4) is 0 Å². The van der Waals surface area contributed by atoms with Crippen LogP contribution in [0.5, 0.6) is 0 Å². The van der Waals surface area contributed by atoms with Crippen LogP contribution in [-0.4, -0.2) is 24.5 Å². The van der Waals surface area contributed by atoms with E-state index < -0.39 is 0 Å². The molecule has 1 nitrogen and oxygen atoms in total. The average Bonchev–Trinajstić information content (AvgIpc) is 3.05. The molecule has 0 aromatic rings. The number of halogens is 1. The molecule has 2 atom stereocenters. The second-order valence-corrected chi connectivity index (χ2v) is 9.16. The van der Waals surface area contributed by atoms with Gasteiger partial charge in [0.2, 0.25) is 0 Å². The van der Waals surface area contributed by atoms with Crippen molar-refractivity contribution >= 4 is 12.4 Å². The van der Waals surface area contributed by atoms with E-state index in [1.54, 1.807) is 0 Å². The normalized spacial score (nSPS) is 23.0. The summed E-state index contributed by atoms with van der Waals surface area (Å²) in [4.78, 5) is 2.79. The number of likely N-dealkylation sites (tertiary alicyclic amines) is 1. The molecule has 1 heterocycles. The van der Waals surface area contributed by atoms with E-state index in [9.17, 15) is 0 Å². The quantitative estimate of drug-likeness (QED) is 0.258. The van der Waals surface area contributed by atoms with E-state index in [1.165, 1.54) is 135 Å². The molecule has 0 radical (unpaired) electrons. The van der Waals surface area contributed by atoms with E-state index in [0.29, 0.717) is 0 Å². The number of nitrogens with zero attached hydrogens (tertiary/aromatic N) is 1. The first kappa shape index (κ1) is 24.3. The minimum Gasteiger partial charge on any atom is -0.303 e. The van der Waals surface area contributed by atoms with Crippen molar-refractivity contribution in [3.8, 4) is 0 Å². The standard InChI is InChI=1S/C24H47N.ClH/c1-2-3-4-5-6-7-8-9-10-11-12-13-14-17-20-25-21-23-18-15-16-19-24(23)22-25;/h23-24H,2-22H2,1H3;1H. The van der Waals surface area contributed by atoms with E-state index in [0.717, 1.165) is 11.8 Å². The SMILES string of the molecule is CCCCCCCCCCCCCCCCN1CC2CCCCC2C1.Cl. The van der Waals surface area contributed by atoms with Gasteiger partial charge in [-0.1, -0.05) is 103 Å². The van der Waals surface area contributed by atoms with Crippen LogP contribution in [0.2, 0.25) is 0 Å². The molecule has 1 aliphatic heterocycles. The summed E-state index contributed by atoms with van der Waals surface area (Å²) in [5.74, 6) is 2.14. The minimum atomic E-state index is 0. The van der Waals surface area contributed by atoms with Gasteiger partial charge in [-0.15, -0.1) is 12.4 Å². The van der Waals surface area contributed by atoms with E-state index in [-0.39, 0.29) is 12.4 Å². The van der Waals surface area contributed by atoms with Crippen LogP contribution in [0.1, 0.15) is 122 Å². The molecule has 2 unspecified atom stereocenters. The number of hydrogen-bond acceptors (Lipinski definition) is 1. The van der Waals surface area contributed by atoms with Crippen LogP contribution in [0.25, 0.3) is 0 Å². The van der Waals surface area contributed by atoms with E-state index in [2.05, 4.69) is 11.8 Å². The minimum absolute atomic E-state index is 0. The largest absolute Gasteiger partial charge is 0.303 e. The first-order chi connectivity index (χ1) is 12.4. The van der Waals surface area contributed by atoms with Gasteiger partial charge < -0.3 is 4.90 Å². The molecule has 26 heavy (non-hydrogen) atoms. The Bertz CT molecular complexity index is 293. The predicted molar refractivity (Wildman–Crippen MR) is 119 cm³/mol. The van der Waals surface area contributed by atoms with E-state index >= 15 is 0 Å². The molecule has 2 aliphatic rings. The van der Waals surface area contributed by atoms with Crippen molar-refractivity contribution in [2.24, 2.45) is 11.8 Å². The molecule has 2 fully saturated rings. The van der Waals surface area contributed by atoms with Gasteiger partial charge in [0.05, 0.1) is 0 Å². The summed E-state index contributed by atoms with van der Waals surface area (Å²) < 4.78 is 0. The number of unbranched alkanes of at least 4 members (excludes halogenated alkanes) is 13. The lowest BCUT2D eigenvalue weighted by molar-refractivity contribution is 0.299. The Morgan fingerprint density at radius 2 is 0.962 bits per heavy atom. The van der Waals surface area contributed by atoms with Crippen molar-refractivity contribution in [3.05, 3.63) is 0 Å². The van der Waals surface area contributed by atoms with Crippen LogP contribution < -0.4 is 0 Å². The Labute approximate surface area is 171 Å². The molecule has 1 aliphatic carbocycles. The molecule has 0 bridgehead atoms. The van der Waals surface area contributed by atoms with Crippen LogP contribution in [0.15, 0.2) is 0 Å². The second kappa shape index (κ2) is 16.2. The molecule has 0 amide bonds. The van der Waals surface area contributed by atoms with Gasteiger partial charge in [-0.25, -0.2) is 0 Å². The highest BCUT2D eigenvalue weighted by atomic mass is 35.5. The van der Waals surface area contributed by atoms with Gasteiger partial charge in [-0.05, 0) is 37.6 Å². The first-order valence-electron chi connectivity index (χ1n) is 12.1. The van der Waals surface area contributed by atoms with Crippen LogP contribution >= 0.6 is 12.4 Å². The summed E-state index contributed by atoms with van der Waals surface area (Å²) in [5.41, 5.74) is 0.